The third-order valence-corrected chi connectivity index (χ3v) is 4.63. The van der Waals surface area contributed by atoms with Gasteiger partial charge in [0.05, 0.1) is 24.7 Å². The van der Waals surface area contributed by atoms with Crippen molar-refractivity contribution in [3.05, 3.63) is 41.8 Å². The molecule has 10 heteroatoms. The third-order valence-electron chi connectivity index (χ3n) is 4.37. The van der Waals surface area contributed by atoms with Gasteiger partial charge in [0.15, 0.2) is 11.2 Å². The SMILES string of the molecule is COCCNc1ncnc2c1cnn2CCNC(=O)C(C)(C)Oc1ccc(Cl)cc1. The van der Waals surface area contributed by atoms with Crippen molar-refractivity contribution in [2.75, 3.05) is 32.1 Å². The number of fused-ring (bicyclic) bond motifs is 1. The molecule has 0 saturated heterocycles. The van der Waals surface area contributed by atoms with E-state index >= 15 is 0 Å². The van der Waals surface area contributed by atoms with E-state index in [1.807, 2.05) is 0 Å². The molecule has 0 aliphatic rings. The molecule has 0 radical (unpaired) electrons. The molecular formula is C20H25ClN6O3. The van der Waals surface area contributed by atoms with Crippen molar-refractivity contribution in [2.24, 2.45) is 0 Å². The van der Waals surface area contributed by atoms with E-state index in [0.717, 1.165) is 5.39 Å². The van der Waals surface area contributed by atoms with Gasteiger partial charge in [-0.1, -0.05) is 11.6 Å². The Morgan fingerprint density at radius 2 is 1.97 bits per heavy atom. The minimum Gasteiger partial charge on any atom is -0.478 e. The van der Waals surface area contributed by atoms with E-state index in [-0.39, 0.29) is 5.91 Å². The van der Waals surface area contributed by atoms with Gasteiger partial charge in [0.2, 0.25) is 0 Å². The lowest BCUT2D eigenvalue weighted by molar-refractivity contribution is -0.134. The van der Waals surface area contributed by atoms with Gasteiger partial charge in [-0.05, 0) is 38.1 Å². The molecule has 0 unspecified atom stereocenters. The highest BCUT2D eigenvalue weighted by atomic mass is 35.5. The van der Waals surface area contributed by atoms with E-state index in [2.05, 4.69) is 25.7 Å². The average molecular weight is 433 g/mol. The van der Waals surface area contributed by atoms with Gasteiger partial charge in [0, 0.05) is 25.2 Å². The lowest BCUT2D eigenvalue weighted by Gasteiger charge is -2.25. The van der Waals surface area contributed by atoms with Crippen LogP contribution in [0, 0.1) is 0 Å². The fraction of sp³-hybridized carbons (Fsp3) is 0.400. The first-order valence-electron chi connectivity index (χ1n) is 9.53. The second-order valence-electron chi connectivity index (χ2n) is 7.07. The number of aromatic nitrogens is 4. The van der Waals surface area contributed by atoms with Crippen LogP contribution in [0.25, 0.3) is 11.0 Å². The van der Waals surface area contributed by atoms with Gasteiger partial charge in [-0.15, -0.1) is 0 Å². The van der Waals surface area contributed by atoms with E-state index < -0.39 is 5.60 Å². The Hall–Kier alpha value is -2.91. The normalized spacial score (nSPS) is 11.5. The minimum absolute atomic E-state index is 0.231. The second-order valence-corrected chi connectivity index (χ2v) is 7.51. The van der Waals surface area contributed by atoms with Gasteiger partial charge in [-0.2, -0.15) is 5.10 Å². The van der Waals surface area contributed by atoms with Crippen LogP contribution in [0.1, 0.15) is 13.8 Å². The standard InChI is InChI=1S/C20H25ClN6O3/c1-20(2,30-15-6-4-14(21)5-7-15)19(28)23-8-10-27-18-16(12-26-27)17(24-13-25-18)22-9-11-29-3/h4-7,12-13H,8-11H2,1-3H3,(H,23,28)(H,22,24,25). The van der Waals surface area contributed by atoms with Crippen LogP contribution in [-0.4, -0.2) is 58.1 Å². The number of nitrogens with one attached hydrogen (secondary N) is 2. The number of anilines is 1. The molecule has 1 amide bonds. The van der Waals surface area contributed by atoms with E-state index in [0.29, 0.717) is 48.5 Å². The Morgan fingerprint density at radius 3 is 2.70 bits per heavy atom. The van der Waals surface area contributed by atoms with E-state index in [9.17, 15) is 4.79 Å². The maximum atomic E-state index is 12.6. The Bertz CT molecular complexity index is 990. The Kier molecular flexibility index (Phi) is 7.07. The molecule has 0 atom stereocenters. The van der Waals surface area contributed by atoms with Crippen molar-refractivity contribution < 1.29 is 14.3 Å². The molecule has 160 valence electrons. The number of rotatable bonds is 10. The van der Waals surface area contributed by atoms with Crippen molar-refractivity contribution in [1.82, 2.24) is 25.1 Å². The fourth-order valence-electron chi connectivity index (χ4n) is 2.80. The molecule has 9 nitrogen and oxygen atoms in total. The van der Waals surface area contributed by atoms with Crippen molar-refractivity contribution >= 4 is 34.4 Å². The zero-order valence-corrected chi connectivity index (χ0v) is 17.9. The van der Waals surface area contributed by atoms with Crippen LogP contribution < -0.4 is 15.4 Å². The summed E-state index contributed by atoms with van der Waals surface area (Å²) in [5.41, 5.74) is -0.350. The van der Waals surface area contributed by atoms with Crippen LogP contribution in [0.3, 0.4) is 0 Å². The van der Waals surface area contributed by atoms with Gasteiger partial charge in [0.25, 0.3) is 5.91 Å². The molecule has 1 aromatic carbocycles. The molecule has 0 saturated carbocycles. The summed E-state index contributed by atoms with van der Waals surface area (Å²) in [6, 6.07) is 6.89. The lowest BCUT2D eigenvalue weighted by Crippen LogP contribution is -2.47. The monoisotopic (exact) mass is 432 g/mol. The van der Waals surface area contributed by atoms with Crippen molar-refractivity contribution in [3.8, 4) is 5.75 Å². The summed E-state index contributed by atoms with van der Waals surface area (Å²) >= 11 is 5.88. The maximum Gasteiger partial charge on any atom is 0.263 e. The molecular weight excluding hydrogens is 408 g/mol. The number of hydrogen-bond donors (Lipinski definition) is 2. The van der Waals surface area contributed by atoms with Crippen LogP contribution in [0.4, 0.5) is 5.82 Å². The second kappa shape index (κ2) is 9.73. The van der Waals surface area contributed by atoms with E-state index in [1.54, 1.807) is 56.1 Å². The highest BCUT2D eigenvalue weighted by molar-refractivity contribution is 6.30. The first kappa shape index (κ1) is 21.8. The topological polar surface area (TPSA) is 103 Å². The molecule has 2 N–H and O–H groups in total. The average Bonchev–Trinajstić information content (AvgIpc) is 3.14. The summed E-state index contributed by atoms with van der Waals surface area (Å²) in [5, 5.41) is 11.9. The first-order chi connectivity index (χ1) is 14.4. The molecule has 30 heavy (non-hydrogen) atoms. The summed E-state index contributed by atoms with van der Waals surface area (Å²) < 4.78 is 12.6. The Balaban J connectivity index is 1.57. The van der Waals surface area contributed by atoms with Gasteiger partial charge in [-0.3, -0.25) is 4.79 Å². The zero-order chi connectivity index (χ0) is 21.6. The number of halogens is 1. The number of ether oxygens (including phenoxy) is 2. The molecule has 3 rings (SSSR count). The minimum atomic E-state index is -1.04. The number of carbonyl (C=O) groups is 1. The summed E-state index contributed by atoms with van der Waals surface area (Å²) in [4.78, 5) is 21.2. The lowest BCUT2D eigenvalue weighted by atomic mass is 10.1. The molecule has 0 aliphatic carbocycles. The number of carbonyl (C=O) groups excluding carboxylic acids is 1. The highest BCUT2D eigenvalue weighted by Crippen LogP contribution is 2.21. The maximum absolute atomic E-state index is 12.6. The van der Waals surface area contributed by atoms with Crippen LogP contribution in [-0.2, 0) is 16.1 Å². The summed E-state index contributed by atoms with van der Waals surface area (Å²) in [5.74, 6) is 1.04. The van der Waals surface area contributed by atoms with Crippen LogP contribution in [0.2, 0.25) is 5.02 Å². The Labute approximate surface area is 179 Å². The molecule has 3 aromatic rings. The molecule has 0 aliphatic heterocycles. The largest absolute Gasteiger partial charge is 0.478 e. The van der Waals surface area contributed by atoms with Crippen LogP contribution in [0.15, 0.2) is 36.8 Å². The summed E-state index contributed by atoms with van der Waals surface area (Å²) in [6.45, 7) is 5.46. The zero-order valence-electron chi connectivity index (χ0n) is 17.2. The van der Waals surface area contributed by atoms with Crippen LogP contribution in [0.5, 0.6) is 5.75 Å². The van der Waals surface area contributed by atoms with Gasteiger partial charge in [-0.25, -0.2) is 14.6 Å². The number of nitrogens with zero attached hydrogens (tertiary/aromatic N) is 4. The smallest absolute Gasteiger partial charge is 0.263 e. The van der Waals surface area contributed by atoms with E-state index in [1.165, 1.54) is 6.33 Å². The van der Waals surface area contributed by atoms with Gasteiger partial charge < -0.3 is 20.1 Å². The van der Waals surface area contributed by atoms with Crippen LogP contribution >= 0.6 is 11.6 Å². The highest BCUT2D eigenvalue weighted by Gasteiger charge is 2.29. The van der Waals surface area contributed by atoms with Gasteiger partial charge in [0.1, 0.15) is 17.9 Å². The fourth-order valence-corrected chi connectivity index (χ4v) is 2.93. The van der Waals surface area contributed by atoms with Crippen molar-refractivity contribution in [1.29, 1.82) is 0 Å². The number of benzene rings is 1. The molecule has 2 heterocycles. The summed E-state index contributed by atoms with van der Waals surface area (Å²) in [6.07, 6.45) is 3.19. The molecule has 0 fully saturated rings. The summed E-state index contributed by atoms with van der Waals surface area (Å²) in [7, 11) is 1.64. The predicted molar refractivity (Wildman–Crippen MR) is 115 cm³/mol. The first-order valence-corrected chi connectivity index (χ1v) is 9.91. The van der Waals surface area contributed by atoms with Gasteiger partial charge >= 0.3 is 0 Å². The molecule has 2 aromatic heterocycles. The van der Waals surface area contributed by atoms with Crippen molar-refractivity contribution in [2.45, 2.75) is 26.0 Å². The molecule has 0 spiro atoms. The third kappa shape index (κ3) is 5.37. The molecule has 0 bridgehead atoms. The Morgan fingerprint density at radius 1 is 1.20 bits per heavy atom. The predicted octanol–water partition coefficient (Wildman–Crippen LogP) is 2.51. The quantitative estimate of drug-likeness (QED) is 0.474. The number of amides is 1. The number of hydrogen-bond acceptors (Lipinski definition) is 7. The van der Waals surface area contributed by atoms with Crippen molar-refractivity contribution in [3.63, 3.8) is 0 Å². The van der Waals surface area contributed by atoms with E-state index in [4.69, 9.17) is 21.1 Å². The number of methoxy groups -OCH3 is 1.